The zero-order chi connectivity index (χ0) is 9.97. The average Bonchev–Trinajstić information content (AvgIpc) is 2.27. The standard InChI is InChI=1S/C12H9NS/c1-2-9-5-3-7-11-10(9)6-4-8-12(11)14-13/h1,3-8H,13H2. The van der Waals surface area contributed by atoms with Crippen molar-refractivity contribution in [1.82, 2.24) is 0 Å². The van der Waals surface area contributed by atoms with Gasteiger partial charge in [0.15, 0.2) is 0 Å². The Morgan fingerprint density at radius 3 is 2.50 bits per heavy atom. The summed E-state index contributed by atoms with van der Waals surface area (Å²) in [4.78, 5) is 1.06. The van der Waals surface area contributed by atoms with Gasteiger partial charge in [0.1, 0.15) is 0 Å². The van der Waals surface area contributed by atoms with Crippen LogP contribution in [-0.2, 0) is 0 Å². The molecule has 68 valence electrons. The summed E-state index contributed by atoms with van der Waals surface area (Å²) in [5.74, 6) is 2.67. The molecule has 2 aromatic rings. The zero-order valence-corrected chi connectivity index (χ0v) is 8.34. The molecule has 0 aliphatic carbocycles. The largest absolute Gasteiger partial charge is 0.274 e. The molecule has 0 unspecified atom stereocenters. The van der Waals surface area contributed by atoms with Gasteiger partial charge in [0.05, 0.1) is 0 Å². The van der Waals surface area contributed by atoms with Crippen LogP contribution in [0.3, 0.4) is 0 Å². The number of nitrogens with two attached hydrogens (primary N) is 1. The quantitative estimate of drug-likeness (QED) is 0.564. The summed E-state index contributed by atoms with van der Waals surface area (Å²) in [6.07, 6.45) is 5.42. The first-order chi connectivity index (χ1) is 6.86. The maximum absolute atomic E-state index is 5.57. The molecule has 0 saturated carbocycles. The lowest BCUT2D eigenvalue weighted by Gasteiger charge is -2.04. The molecule has 0 radical (unpaired) electrons. The van der Waals surface area contributed by atoms with Gasteiger partial charge in [-0.1, -0.05) is 30.2 Å². The summed E-state index contributed by atoms with van der Waals surface area (Å²) >= 11 is 1.25. The monoisotopic (exact) mass is 199 g/mol. The Balaban J connectivity index is 2.86. The second-order valence-corrected chi connectivity index (χ2v) is 3.59. The smallest absolute Gasteiger partial charge is 0.0321 e. The molecular weight excluding hydrogens is 190 g/mol. The number of terminal acetylenes is 1. The van der Waals surface area contributed by atoms with Crippen LogP contribution in [0, 0.1) is 12.3 Å². The molecule has 0 spiro atoms. The van der Waals surface area contributed by atoms with Crippen LogP contribution in [0.25, 0.3) is 10.8 Å². The zero-order valence-electron chi connectivity index (χ0n) is 7.53. The second-order valence-electron chi connectivity index (χ2n) is 2.92. The van der Waals surface area contributed by atoms with Crippen molar-refractivity contribution in [2.24, 2.45) is 5.14 Å². The third kappa shape index (κ3) is 1.37. The van der Waals surface area contributed by atoms with Crippen LogP contribution < -0.4 is 5.14 Å². The molecule has 2 N–H and O–H groups in total. The second kappa shape index (κ2) is 3.75. The van der Waals surface area contributed by atoms with Crippen LogP contribution >= 0.6 is 11.9 Å². The Labute approximate surface area is 87.4 Å². The molecule has 0 aliphatic heterocycles. The van der Waals surface area contributed by atoms with Crippen molar-refractivity contribution in [2.75, 3.05) is 0 Å². The topological polar surface area (TPSA) is 26.0 Å². The first-order valence-corrected chi connectivity index (χ1v) is 5.10. The number of benzene rings is 2. The van der Waals surface area contributed by atoms with E-state index in [2.05, 4.69) is 5.92 Å². The summed E-state index contributed by atoms with van der Waals surface area (Å²) in [6.45, 7) is 0. The predicted molar refractivity (Wildman–Crippen MR) is 61.9 cm³/mol. The summed E-state index contributed by atoms with van der Waals surface area (Å²) in [7, 11) is 0. The van der Waals surface area contributed by atoms with Crippen molar-refractivity contribution in [3.05, 3.63) is 42.0 Å². The fraction of sp³-hybridized carbons (Fsp3) is 0. The van der Waals surface area contributed by atoms with E-state index in [0.717, 1.165) is 21.2 Å². The molecule has 0 saturated heterocycles. The van der Waals surface area contributed by atoms with Gasteiger partial charge in [0.2, 0.25) is 0 Å². The molecule has 2 aromatic carbocycles. The van der Waals surface area contributed by atoms with Crippen LogP contribution in [-0.4, -0.2) is 0 Å². The van der Waals surface area contributed by atoms with E-state index in [-0.39, 0.29) is 0 Å². The van der Waals surface area contributed by atoms with Crippen molar-refractivity contribution in [2.45, 2.75) is 4.90 Å². The number of hydrogen-bond acceptors (Lipinski definition) is 2. The Kier molecular flexibility index (Phi) is 2.45. The summed E-state index contributed by atoms with van der Waals surface area (Å²) in [6, 6.07) is 11.9. The average molecular weight is 199 g/mol. The SMILES string of the molecule is C#Cc1cccc2c(SN)cccc12. The molecule has 0 fully saturated rings. The first-order valence-electron chi connectivity index (χ1n) is 4.22. The normalized spacial score (nSPS) is 10.0. The van der Waals surface area contributed by atoms with E-state index in [9.17, 15) is 0 Å². The highest BCUT2D eigenvalue weighted by atomic mass is 32.2. The Bertz CT molecular complexity index is 511. The molecule has 0 aromatic heterocycles. The fourth-order valence-electron chi connectivity index (χ4n) is 1.51. The van der Waals surface area contributed by atoms with E-state index in [1.807, 2.05) is 36.4 Å². The van der Waals surface area contributed by atoms with Crippen LogP contribution in [0.4, 0.5) is 0 Å². The van der Waals surface area contributed by atoms with Crippen molar-refractivity contribution in [1.29, 1.82) is 0 Å². The summed E-state index contributed by atoms with van der Waals surface area (Å²) < 4.78 is 0. The Morgan fingerprint density at radius 2 is 1.79 bits per heavy atom. The molecule has 0 bridgehead atoms. The van der Waals surface area contributed by atoms with Crippen molar-refractivity contribution in [3.63, 3.8) is 0 Å². The predicted octanol–water partition coefficient (Wildman–Crippen LogP) is 2.79. The molecule has 0 amide bonds. The Morgan fingerprint density at radius 1 is 1.07 bits per heavy atom. The third-order valence-electron chi connectivity index (χ3n) is 2.16. The van der Waals surface area contributed by atoms with E-state index in [0.29, 0.717) is 0 Å². The van der Waals surface area contributed by atoms with Gasteiger partial charge >= 0.3 is 0 Å². The highest BCUT2D eigenvalue weighted by Crippen LogP contribution is 2.26. The summed E-state index contributed by atoms with van der Waals surface area (Å²) in [5, 5.41) is 7.78. The molecule has 0 atom stereocenters. The fourth-order valence-corrected chi connectivity index (χ4v) is 1.97. The molecule has 1 nitrogen and oxygen atoms in total. The number of hydrogen-bond donors (Lipinski definition) is 1. The molecule has 0 heterocycles. The van der Waals surface area contributed by atoms with Crippen LogP contribution in [0.15, 0.2) is 41.3 Å². The van der Waals surface area contributed by atoms with Crippen LogP contribution in [0.5, 0.6) is 0 Å². The van der Waals surface area contributed by atoms with Crippen molar-refractivity contribution < 1.29 is 0 Å². The van der Waals surface area contributed by atoms with Crippen molar-refractivity contribution >= 4 is 22.7 Å². The Hall–Kier alpha value is -1.43. The lowest BCUT2D eigenvalue weighted by molar-refractivity contribution is 1.53. The molecule has 0 aliphatic rings. The van der Waals surface area contributed by atoms with Gasteiger partial charge < -0.3 is 0 Å². The van der Waals surface area contributed by atoms with E-state index in [4.69, 9.17) is 11.6 Å². The molecular formula is C12H9NS. The van der Waals surface area contributed by atoms with Gasteiger partial charge in [-0.3, -0.25) is 5.14 Å². The molecule has 2 rings (SSSR count). The van der Waals surface area contributed by atoms with Gasteiger partial charge in [-0.05, 0) is 34.9 Å². The first kappa shape index (κ1) is 9.14. The van der Waals surface area contributed by atoms with E-state index in [1.165, 1.54) is 11.9 Å². The summed E-state index contributed by atoms with van der Waals surface area (Å²) in [5.41, 5.74) is 0.915. The molecule has 14 heavy (non-hydrogen) atoms. The van der Waals surface area contributed by atoms with Crippen LogP contribution in [0.1, 0.15) is 5.56 Å². The van der Waals surface area contributed by atoms with Gasteiger partial charge in [-0.2, -0.15) is 0 Å². The van der Waals surface area contributed by atoms with E-state index >= 15 is 0 Å². The highest BCUT2D eigenvalue weighted by Gasteiger charge is 2.01. The number of fused-ring (bicyclic) bond motifs is 1. The maximum Gasteiger partial charge on any atom is 0.0321 e. The highest BCUT2D eigenvalue weighted by molar-refractivity contribution is 7.97. The van der Waals surface area contributed by atoms with Crippen molar-refractivity contribution in [3.8, 4) is 12.3 Å². The maximum atomic E-state index is 5.57. The van der Waals surface area contributed by atoms with E-state index < -0.39 is 0 Å². The lowest BCUT2D eigenvalue weighted by atomic mass is 10.1. The van der Waals surface area contributed by atoms with E-state index in [1.54, 1.807) is 0 Å². The van der Waals surface area contributed by atoms with Gasteiger partial charge in [-0.25, -0.2) is 0 Å². The third-order valence-corrected chi connectivity index (χ3v) is 2.77. The van der Waals surface area contributed by atoms with Gasteiger partial charge in [0, 0.05) is 10.5 Å². The van der Waals surface area contributed by atoms with Gasteiger partial charge in [0.25, 0.3) is 0 Å². The van der Waals surface area contributed by atoms with Crippen LogP contribution in [0.2, 0.25) is 0 Å². The molecule has 2 heteroatoms. The number of rotatable bonds is 1. The van der Waals surface area contributed by atoms with Gasteiger partial charge in [-0.15, -0.1) is 6.42 Å². The lowest BCUT2D eigenvalue weighted by Crippen LogP contribution is -1.84. The minimum atomic E-state index is 0.915. The minimum absolute atomic E-state index is 0.915. The minimum Gasteiger partial charge on any atom is -0.274 e.